The quantitative estimate of drug-likeness (QED) is 0.122. The molecule has 0 radical (unpaired) electrons. The highest BCUT2D eigenvalue weighted by Gasteiger charge is 2.52. The molecule has 0 aromatic heterocycles. The summed E-state index contributed by atoms with van der Waals surface area (Å²) in [4.78, 5) is 4.48. The lowest BCUT2D eigenvalue weighted by atomic mass is 9.84. The lowest BCUT2D eigenvalue weighted by Crippen LogP contribution is -2.62. The first kappa shape index (κ1) is 24.1. The van der Waals surface area contributed by atoms with Gasteiger partial charge in [-0.2, -0.15) is 5.26 Å². The van der Waals surface area contributed by atoms with E-state index in [0.29, 0.717) is 23.5 Å². The topological polar surface area (TPSA) is 143 Å². The summed E-state index contributed by atoms with van der Waals surface area (Å²) in [6.07, 6.45) is -0.141. The number of aliphatic hydroxyl groups excluding tert-OH is 1. The first-order chi connectivity index (χ1) is 15.9. The molecule has 0 unspecified atom stereocenters. The number of rotatable bonds is 7. The Balaban J connectivity index is 1.94. The van der Waals surface area contributed by atoms with E-state index in [0.717, 1.165) is 11.3 Å². The van der Waals surface area contributed by atoms with Crippen molar-refractivity contribution in [2.24, 2.45) is 4.99 Å². The van der Waals surface area contributed by atoms with E-state index in [2.05, 4.69) is 15.6 Å². The van der Waals surface area contributed by atoms with Crippen LogP contribution in [-0.2, 0) is 16.0 Å². The maximum Gasteiger partial charge on any atom is 0.205 e. The first-order valence-electron chi connectivity index (χ1n) is 10.3. The summed E-state index contributed by atoms with van der Waals surface area (Å²) >= 11 is 0. The van der Waals surface area contributed by atoms with E-state index in [-0.39, 0.29) is 5.96 Å². The third kappa shape index (κ3) is 5.12. The standard InChI is InChI=1S/C23H29N5O5/c1-23(21(31-3)32-4)20(29)19(17-11-15(25)7-10-18(17)33-23)28-22(27-13-24)26-12-14-5-8-16(30-2)9-6-14/h5-11,19-21,29H,12,25H2,1-4H3,(H2,26,27,28)/t19-,20-,23-/m0/s1. The second kappa shape index (κ2) is 10.4. The van der Waals surface area contributed by atoms with Gasteiger partial charge >= 0.3 is 0 Å². The van der Waals surface area contributed by atoms with Gasteiger partial charge in [0.05, 0.1) is 19.7 Å². The van der Waals surface area contributed by atoms with Crippen molar-refractivity contribution >= 4 is 11.6 Å². The van der Waals surface area contributed by atoms with Crippen molar-refractivity contribution in [1.29, 1.82) is 5.26 Å². The predicted molar refractivity (Wildman–Crippen MR) is 122 cm³/mol. The smallest absolute Gasteiger partial charge is 0.205 e. The fourth-order valence-corrected chi connectivity index (χ4v) is 3.83. The molecule has 0 aliphatic carbocycles. The predicted octanol–water partition coefficient (Wildman–Crippen LogP) is 1.67. The van der Waals surface area contributed by atoms with Crippen molar-refractivity contribution < 1.29 is 24.1 Å². The van der Waals surface area contributed by atoms with E-state index in [1.54, 1.807) is 32.2 Å². The minimum absolute atomic E-state index is 0.182. The Bertz CT molecular complexity index is 1020. The number of hydrogen-bond donors (Lipinski definition) is 4. The van der Waals surface area contributed by atoms with E-state index in [1.807, 2.05) is 30.5 Å². The van der Waals surface area contributed by atoms with Crippen LogP contribution < -0.4 is 25.8 Å². The van der Waals surface area contributed by atoms with Crippen molar-refractivity contribution in [2.75, 3.05) is 27.1 Å². The summed E-state index contributed by atoms with van der Waals surface area (Å²) in [7, 11) is 4.53. The van der Waals surface area contributed by atoms with E-state index in [4.69, 9.17) is 24.7 Å². The number of hydrogen-bond acceptors (Lipinski definition) is 8. The Labute approximate surface area is 192 Å². The number of fused-ring (bicyclic) bond motifs is 1. The van der Waals surface area contributed by atoms with Gasteiger partial charge in [0.2, 0.25) is 5.96 Å². The number of ether oxygens (including phenoxy) is 4. The van der Waals surface area contributed by atoms with E-state index < -0.39 is 24.0 Å². The second-order valence-electron chi connectivity index (χ2n) is 7.70. The van der Waals surface area contributed by atoms with Gasteiger partial charge in [-0.15, -0.1) is 0 Å². The molecule has 2 aromatic rings. The number of anilines is 1. The molecule has 0 saturated carbocycles. The molecule has 3 rings (SSSR count). The Morgan fingerprint density at radius 3 is 2.55 bits per heavy atom. The van der Waals surface area contributed by atoms with Crippen LogP contribution in [-0.4, -0.2) is 50.4 Å². The van der Waals surface area contributed by atoms with Gasteiger partial charge in [0.15, 0.2) is 18.1 Å². The van der Waals surface area contributed by atoms with Crippen LogP contribution in [0.15, 0.2) is 47.5 Å². The van der Waals surface area contributed by atoms with Gasteiger partial charge in [-0.05, 0) is 42.8 Å². The van der Waals surface area contributed by atoms with E-state index in [1.165, 1.54) is 14.2 Å². The van der Waals surface area contributed by atoms with Crippen molar-refractivity contribution in [3.05, 3.63) is 53.6 Å². The molecule has 1 aliphatic heterocycles. The van der Waals surface area contributed by atoms with Crippen LogP contribution >= 0.6 is 0 Å². The third-order valence-electron chi connectivity index (χ3n) is 5.54. The van der Waals surface area contributed by atoms with Crippen LogP contribution in [0.25, 0.3) is 0 Å². The minimum Gasteiger partial charge on any atom is -0.497 e. The van der Waals surface area contributed by atoms with Crippen molar-refractivity contribution in [3.8, 4) is 17.7 Å². The van der Waals surface area contributed by atoms with Crippen LogP contribution in [0.1, 0.15) is 24.1 Å². The van der Waals surface area contributed by atoms with Gasteiger partial charge in [-0.3, -0.25) is 5.32 Å². The summed E-state index contributed by atoms with van der Waals surface area (Å²) in [6, 6.07) is 11.8. The molecule has 10 heteroatoms. The monoisotopic (exact) mass is 455 g/mol. The SMILES string of the molecule is COc1ccc(CN=C(NC#N)N[C@H]2c3cc(N)ccc3O[C@](C)(C(OC)OC)[C@H]2O)cc1. The highest BCUT2D eigenvalue weighted by Crippen LogP contribution is 2.43. The number of nitrogen functional groups attached to an aromatic ring is 1. The second-order valence-corrected chi connectivity index (χ2v) is 7.70. The Kier molecular flexibility index (Phi) is 7.60. The van der Waals surface area contributed by atoms with Crippen LogP contribution in [0.3, 0.4) is 0 Å². The third-order valence-corrected chi connectivity index (χ3v) is 5.54. The van der Waals surface area contributed by atoms with Crippen molar-refractivity contribution in [3.63, 3.8) is 0 Å². The number of nitriles is 1. The Morgan fingerprint density at radius 1 is 1.24 bits per heavy atom. The molecular formula is C23H29N5O5. The summed E-state index contributed by atoms with van der Waals surface area (Å²) in [5.41, 5.74) is 6.75. The van der Waals surface area contributed by atoms with Gasteiger partial charge in [-0.25, -0.2) is 4.99 Å². The number of benzene rings is 2. The molecule has 33 heavy (non-hydrogen) atoms. The van der Waals surface area contributed by atoms with Crippen LogP contribution in [0.2, 0.25) is 0 Å². The normalized spacial score (nSPS) is 22.2. The molecule has 2 aromatic carbocycles. The molecule has 0 spiro atoms. The van der Waals surface area contributed by atoms with Crippen LogP contribution in [0.5, 0.6) is 11.5 Å². The number of guanidine groups is 1. The van der Waals surface area contributed by atoms with E-state index in [9.17, 15) is 10.4 Å². The van der Waals surface area contributed by atoms with E-state index >= 15 is 0 Å². The zero-order valence-corrected chi connectivity index (χ0v) is 19.0. The molecule has 0 amide bonds. The highest BCUT2D eigenvalue weighted by atomic mass is 16.7. The molecule has 1 heterocycles. The van der Waals surface area contributed by atoms with Gasteiger partial charge in [0.25, 0.3) is 0 Å². The largest absolute Gasteiger partial charge is 0.497 e. The van der Waals surface area contributed by atoms with Gasteiger partial charge in [0, 0.05) is 25.5 Å². The van der Waals surface area contributed by atoms with Crippen molar-refractivity contribution in [1.82, 2.24) is 10.6 Å². The Hall–Kier alpha value is -3.52. The molecule has 3 atom stereocenters. The fourth-order valence-electron chi connectivity index (χ4n) is 3.83. The fraction of sp³-hybridized carbons (Fsp3) is 0.391. The Morgan fingerprint density at radius 2 is 1.94 bits per heavy atom. The number of methoxy groups -OCH3 is 3. The first-order valence-corrected chi connectivity index (χ1v) is 10.3. The molecule has 176 valence electrons. The molecule has 1 aliphatic rings. The molecule has 10 nitrogen and oxygen atoms in total. The number of nitrogens with two attached hydrogens (primary N) is 1. The summed E-state index contributed by atoms with van der Waals surface area (Å²) in [5, 5.41) is 26.3. The lowest BCUT2D eigenvalue weighted by Gasteiger charge is -2.46. The average molecular weight is 456 g/mol. The van der Waals surface area contributed by atoms with Crippen LogP contribution in [0.4, 0.5) is 5.69 Å². The zero-order valence-electron chi connectivity index (χ0n) is 19.0. The molecule has 5 N–H and O–H groups in total. The molecular weight excluding hydrogens is 426 g/mol. The summed E-state index contributed by atoms with van der Waals surface area (Å²) in [6.45, 7) is 1.98. The van der Waals surface area contributed by atoms with Gasteiger partial charge < -0.3 is 35.1 Å². The maximum absolute atomic E-state index is 11.4. The van der Waals surface area contributed by atoms with Gasteiger partial charge in [0.1, 0.15) is 17.6 Å². The number of aliphatic hydroxyl groups is 1. The van der Waals surface area contributed by atoms with Crippen molar-refractivity contribution in [2.45, 2.75) is 37.5 Å². The highest BCUT2D eigenvalue weighted by molar-refractivity contribution is 5.82. The molecule has 0 bridgehead atoms. The number of nitrogens with one attached hydrogen (secondary N) is 2. The lowest BCUT2D eigenvalue weighted by molar-refractivity contribution is -0.238. The van der Waals surface area contributed by atoms with Crippen LogP contribution in [0, 0.1) is 11.5 Å². The molecule has 0 saturated heterocycles. The minimum atomic E-state index is -1.27. The maximum atomic E-state index is 11.4. The number of aliphatic imine (C=N–C) groups is 1. The summed E-state index contributed by atoms with van der Waals surface area (Å²) in [5.74, 6) is 1.42. The molecule has 0 fully saturated rings. The number of nitrogens with zero attached hydrogens (tertiary/aromatic N) is 2. The summed E-state index contributed by atoms with van der Waals surface area (Å²) < 4.78 is 22.1. The van der Waals surface area contributed by atoms with Gasteiger partial charge in [-0.1, -0.05) is 12.1 Å². The average Bonchev–Trinajstić information content (AvgIpc) is 2.82. The zero-order chi connectivity index (χ0) is 24.0.